The Balaban J connectivity index is 1.56. The van der Waals surface area contributed by atoms with Gasteiger partial charge in [-0.3, -0.25) is 9.59 Å². The van der Waals surface area contributed by atoms with Crippen LogP contribution in [0.2, 0.25) is 0 Å². The molecule has 0 radical (unpaired) electrons. The Morgan fingerprint density at radius 3 is 2.88 bits per heavy atom. The van der Waals surface area contributed by atoms with E-state index in [0.29, 0.717) is 25.6 Å². The fraction of sp³-hybridized carbons (Fsp3) is 0.500. The standard InChI is InChI=1S/C20H26FN3O2/c1-13(2)7-9-22-19(25)5-6-20(26)24-10-8-18-16(12-24)15-11-14(21)3-4-17(15)23-18/h3-4,11,13,23H,5-10,12H2,1-2H3,(H,22,25). The molecule has 0 atom stereocenters. The van der Waals surface area contributed by atoms with Crippen LogP contribution in [0.15, 0.2) is 18.2 Å². The van der Waals surface area contributed by atoms with Gasteiger partial charge in [0.2, 0.25) is 11.8 Å². The number of halogens is 1. The number of aromatic nitrogens is 1. The van der Waals surface area contributed by atoms with E-state index in [-0.39, 0.29) is 30.5 Å². The highest BCUT2D eigenvalue weighted by Gasteiger charge is 2.24. The van der Waals surface area contributed by atoms with Crippen LogP contribution in [0.3, 0.4) is 0 Å². The van der Waals surface area contributed by atoms with Gasteiger partial charge in [0.1, 0.15) is 5.82 Å². The lowest BCUT2D eigenvalue weighted by molar-refractivity contribution is -0.134. The van der Waals surface area contributed by atoms with E-state index in [1.54, 1.807) is 11.0 Å². The minimum atomic E-state index is -0.277. The van der Waals surface area contributed by atoms with Crippen molar-refractivity contribution in [1.29, 1.82) is 0 Å². The highest BCUT2D eigenvalue weighted by atomic mass is 19.1. The van der Waals surface area contributed by atoms with Gasteiger partial charge in [-0.2, -0.15) is 0 Å². The Hall–Kier alpha value is -2.37. The molecule has 26 heavy (non-hydrogen) atoms. The molecule has 0 aliphatic carbocycles. The van der Waals surface area contributed by atoms with E-state index >= 15 is 0 Å². The van der Waals surface area contributed by atoms with E-state index in [1.165, 1.54) is 12.1 Å². The van der Waals surface area contributed by atoms with Gasteiger partial charge in [0.05, 0.1) is 0 Å². The van der Waals surface area contributed by atoms with E-state index in [2.05, 4.69) is 24.1 Å². The van der Waals surface area contributed by atoms with E-state index in [9.17, 15) is 14.0 Å². The van der Waals surface area contributed by atoms with Crippen molar-refractivity contribution in [2.24, 2.45) is 5.92 Å². The van der Waals surface area contributed by atoms with Crippen LogP contribution in [0.4, 0.5) is 4.39 Å². The van der Waals surface area contributed by atoms with Crippen LogP contribution in [0.25, 0.3) is 10.9 Å². The van der Waals surface area contributed by atoms with Crippen molar-refractivity contribution in [2.45, 2.75) is 46.1 Å². The summed E-state index contributed by atoms with van der Waals surface area (Å²) in [6, 6.07) is 4.68. The fourth-order valence-corrected chi connectivity index (χ4v) is 3.37. The lowest BCUT2D eigenvalue weighted by Gasteiger charge is -2.27. The maximum Gasteiger partial charge on any atom is 0.223 e. The highest BCUT2D eigenvalue weighted by molar-refractivity contribution is 5.87. The first kappa shape index (κ1) is 18.4. The minimum Gasteiger partial charge on any atom is -0.358 e. The zero-order chi connectivity index (χ0) is 18.7. The molecule has 3 rings (SSSR count). The van der Waals surface area contributed by atoms with Crippen LogP contribution < -0.4 is 5.32 Å². The molecular weight excluding hydrogens is 333 g/mol. The van der Waals surface area contributed by atoms with Gasteiger partial charge < -0.3 is 15.2 Å². The molecule has 2 N–H and O–H groups in total. The number of fused-ring (bicyclic) bond motifs is 3. The van der Waals surface area contributed by atoms with E-state index in [4.69, 9.17) is 0 Å². The zero-order valence-corrected chi connectivity index (χ0v) is 15.4. The van der Waals surface area contributed by atoms with Gasteiger partial charge in [0, 0.05) is 61.1 Å². The second-order valence-corrected chi connectivity index (χ2v) is 7.37. The summed E-state index contributed by atoms with van der Waals surface area (Å²) in [5.74, 6) is 0.160. The van der Waals surface area contributed by atoms with Crippen molar-refractivity contribution in [3.05, 3.63) is 35.3 Å². The van der Waals surface area contributed by atoms with Crippen molar-refractivity contribution in [2.75, 3.05) is 13.1 Å². The van der Waals surface area contributed by atoms with Crippen LogP contribution in [-0.4, -0.2) is 34.8 Å². The molecule has 140 valence electrons. The molecule has 0 fully saturated rings. The van der Waals surface area contributed by atoms with E-state index in [0.717, 1.165) is 35.0 Å². The average molecular weight is 359 g/mol. The minimum absolute atomic E-state index is 0.0274. The highest BCUT2D eigenvalue weighted by Crippen LogP contribution is 2.28. The van der Waals surface area contributed by atoms with Gasteiger partial charge in [-0.1, -0.05) is 13.8 Å². The summed E-state index contributed by atoms with van der Waals surface area (Å²) in [5, 5.41) is 3.69. The van der Waals surface area contributed by atoms with Gasteiger partial charge in [0.25, 0.3) is 0 Å². The lowest BCUT2D eigenvalue weighted by Crippen LogP contribution is -2.36. The summed E-state index contributed by atoms with van der Waals surface area (Å²) in [5.41, 5.74) is 2.96. The molecule has 1 aliphatic rings. The molecule has 0 saturated heterocycles. The van der Waals surface area contributed by atoms with Crippen molar-refractivity contribution < 1.29 is 14.0 Å². The van der Waals surface area contributed by atoms with Crippen LogP contribution in [0.5, 0.6) is 0 Å². The third kappa shape index (κ3) is 4.23. The lowest BCUT2D eigenvalue weighted by atomic mass is 10.0. The Morgan fingerprint density at radius 1 is 1.31 bits per heavy atom. The number of rotatable bonds is 6. The molecule has 0 spiro atoms. The second kappa shape index (κ2) is 7.89. The number of H-pyrrole nitrogens is 1. The number of hydrogen-bond donors (Lipinski definition) is 2. The van der Waals surface area contributed by atoms with E-state index < -0.39 is 0 Å². The molecule has 0 bridgehead atoms. The predicted molar refractivity (Wildman–Crippen MR) is 99.1 cm³/mol. The van der Waals surface area contributed by atoms with Gasteiger partial charge in [-0.15, -0.1) is 0 Å². The predicted octanol–water partition coefficient (Wildman–Crippen LogP) is 3.13. The summed E-state index contributed by atoms with van der Waals surface area (Å²) < 4.78 is 13.6. The van der Waals surface area contributed by atoms with Crippen LogP contribution >= 0.6 is 0 Å². The molecule has 0 unspecified atom stereocenters. The third-order valence-corrected chi connectivity index (χ3v) is 4.90. The molecule has 0 saturated carbocycles. The van der Waals surface area contributed by atoms with Crippen molar-refractivity contribution >= 4 is 22.7 Å². The van der Waals surface area contributed by atoms with Gasteiger partial charge in [-0.25, -0.2) is 4.39 Å². The van der Waals surface area contributed by atoms with Crippen LogP contribution in [-0.2, 0) is 22.6 Å². The molecule has 6 heteroatoms. The van der Waals surface area contributed by atoms with Gasteiger partial charge in [-0.05, 0) is 30.5 Å². The van der Waals surface area contributed by atoms with Crippen molar-refractivity contribution in [3.8, 4) is 0 Å². The summed E-state index contributed by atoms with van der Waals surface area (Å²) in [6.45, 7) is 5.95. The molecular formula is C20H26FN3O2. The Labute approximate surface area is 152 Å². The smallest absolute Gasteiger partial charge is 0.223 e. The van der Waals surface area contributed by atoms with Gasteiger partial charge >= 0.3 is 0 Å². The van der Waals surface area contributed by atoms with Crippen molar-refractivity contribution in [1.82, 2.24) is 15.2 Å². The summed E-state index contributed by atoms with van der Waals surface area (Å²) in [6.07, 6.45) is 2.08. The number of nitrogens with one attached hydrogen (secondary N) is 2. The number of aromatic amines is 1. The topological polar surface area (TPSA) is 65.2 Å². The average Bonchev–Trinajstić information content (AvgIpc) is 2.96. The molecule has 1 aromatic carbocycles. The molecule has 2 heterocycles. The number of carbonyl (C=O) groups is 2. The molecule has 1 aliphatic heterocycles. The Kier molecular flexibility index (Phi) is 5.59. The van der Waals surface area contributed by atoms with Crippen LogP contribution in [0.1, 0.15) is 44.4 Å². The summed E-state index contributed by atoms with van der Waals surface area (Å²) in [7, 11) is 0. The molecule has 5 nitrogen and oxygen atoms in total. The second-order valence-electron chi connectivity index (χ2n) is 7.37. The largest absolute Gasteiger partial charge is 0.358 e. The number of amides is 2. The molecule has 2 aromatic rings. The quantitative estimate of drug-likeness (QED) is 0.832. The Morgan fingerprint density at radius 2 is 2.12 bits per heavy atom. The molecule has 1 aromatic heterocycles. The zero-order valence-electron chi connectivity index (χ0n) is 15.4. The Bertz CT molecular complexity index is 813. The third-order valence-electron chi connectivity index (χ3n) is 4.90. The van der Waals surface area contributed by atoms with Crippen LogP contribution in [0, 0.1) is 11.7 Å². The fourth-order valence-electron chi connectivity index (χ4n) is 3.37. The van der Waals surface area contributed by atoms with E-state index in [1.807, 2.05) is 0 Å². The SMILES string of the molecule is CC(C)CCNC(=O)CCC(=O)N1CCc2[nH]c3ccc(F)cc3c2C1. The first-order valence-corrected chi connectivity index (χ1v) is 9.27. The monoisotopic (exact) mass is 359 g/mol. The summed E-state index contributed by atoms with van der Waals surface area (Å²) >= 11 is 0. The maximum atomic E-state index is 13.6. The van der Waals surface area contributed by atoms with Crippen molar-refractivity contribution in [3.63, 3.8) is 0 Å². The summed E-state index contributed by atoms with van der Waals surface area (Å²) in [4.78, 5) is 29.4. The number of benzene rings is 1. The number of nitrogens with zero attached hydrogens (tertiary/aromatic N) is 1. The van der Waals surface area contributed by atoms with Gasteiger partial charge in [0.15, 0.2) is 0 Å². The number of carbonyl (C=O) groups excluding carboxylic acids is 2. The first-order chi connectivity index (χ1) is 12.4. The first-order valence-electron chi connectivity index (χ1n) is 9.27. The number of hydrogen-bond acceptors (Lipinski definition) is 2. The normalized spacial score (nSPS) is 13.9. The maximum absolute atomic E-state index is 13.6. The molecule has 2 amide bonds.